The summed E-state index contributed by atoms with van der Waals surface area (Å²) in [5.74, 6) is -1.11. The molecule has 0 fully saturated rings. The van der Waals surface area contributed by atoms with Crippen LogP contribution in [0.5, 0.6) is 5.88 Å². The smallest absolute Gasteiger partial charge is 0.308 e. The van der Waals surface area contributed by atoms with Gasteiger partial charge in [-0.25, -0.2) is 9.37 Å². The van der Waals surface area contributed by atoms with Gasteiger partial charge in [0, 0.05) is 10.9 Å². The Morgan fingerprint density at radius 3 is 2.88 bits per heavy atom. The fraction of sp³-hybridized carbons (Fsp3) is 0.167. The number of aromatic nitrogens is 1. The number of nitrogens with zero attached hydrogens (tertiary/aromatic N) is 1. The molecule has 0 radical (unpaired) electrons. The first kappa shape index (κ1) is 11.3. The fourth-order valence-electron chi connectivity index (χ4n) is 1.64. The van der Waals surface area contributed by atoms with Crippen molar-refractivity contribution in [3.8, 4) is 5.88 Å². The lowest BCUT2D eigenvalue weighted by molar-refractivity contribution is -0.136. The zero-order valence-corrected chi connectivity index (χ0v) is 9.11. The van der Waals surface area contributed by atoms with Gasteiger partial charge in [0.1, 0.15) is 5.82 Å². The molecule has 0 amide bonds. The van der Waals surface area contributed by atoms with E-state index in [-0.39, 0.29) is 18.1 Å². The number of carboxylic acids is 1. The van der Waals surface area contributed by atoms with Crippen LogP contribution in [-0.2, 0) is 11.2 Å². The minimum atomic E-state index is -0.985. The van der Waals surface area contributed by atoms with Gasteiger partial charge < -0.3 is 9.84 Å². The number of carbonyl (C=O) groups is 1. The first-order valence-corrected chi connectivity index (χ1v) is 4.95. The summed E-state index contributed by atoms with van der Waals surface area (Å²) in [6, 6.07) is 5.72. The van der Waals surface area contributed by atoms with Gasteiger partial charge in [0.2, 0.25) is 5.88 Å². The second-order valence-corrected chi connectivity index (χ2v) is 3.56. The Labute approximate surface area is 96.7 Å². The van der Waals surface area contributed by atoms with E-state index < -0.39 is 5.97 Å². The third kappa shape index (κ3) is 2.33. The first-order valence-electron chi connectivity index (χ1n) is 4.95. The second kappa shape index (κ2) is 4.37. The Morgan fingerprint density at radius 2 is 2.24 bits per heavy atom. The summed E-state index contributed by atoms with van der Waals surface area (Å²) in [6.45, 7) is 0. The van der Waals surface area contributed by atoms with Crippen molar-refractivity contribution >= 4 is 16.9 Å². The summed E-state index contributed by atoms with van der Waals surface area (Å²) in [6.07, 6.45) is -0.206. The number of rotatable bonds is 3. The minimum absolute atomic E-state index is 0.206. The molecule has 0 bridgehead atoms. The Kier molecular flexibility index (Phi) is 2.91. The van der Waals surface area contributed by atoms with E-state index in [0.717, 1.165) is 0 Å². The number of carboxylic acid groups (broad SMARTS) is 1. The number of methoxy groups -OCH3 is 1. The molecule has 88 valence electrons. The van der Waals surface area contributed by atoms with E-state index in [0.29, 0.717) is 16.5 Å². The van der Waals surface area contributed by atoms with Gasteiger partial charge in [0.05, 0.1) is 19.0 Å². The summed E-state index contributed by atoms with van der Waals surface area (Å²) in [7, 11) is 1.42. The van der Waals surface area contributed by atoms with Crippen LogP contribution >= 0.6 is 0 Å². The average molecular weight is 235 g/mol. The highest BCUT2D eigenvalue weighted by Crippen LogP contribution is 2.23. The number of hydrogen-bond donors (Lipinski definition) is 1. The maximum atomic E-state index is 13.0. The zero-order valence-electron chi connectivity index (χ0n) is 9.11. The van der Waals surface area contributed by atoms with Crippen LogP contribution < -0.4 is 4.74 Å². The van der Waals surface area contributed by atoms with Crippen molar-refractivity contribution in [2.75, 3.05) is 7.11 Å². The summed E-state index contributed by atoms with van der Waals surface area (Å²) in [5, 5.41) is 9.31. The molecule has 0 spiro atoms. The number of hydrogen-bond acceptors (Lipinski definition) is 3. The average Bonchev–Trinajstić information content (AvgIpc) is 2.27. The van der Waals surface area contributed by atoms with Crippen LogP contribution in [0.4, 0.5) is 4.39 Å². The first-order chi connectivity index (χ1) is 8.10. The van der Waals surface area contributed by atoms with Crippen molar-refractivity contribution in [3.63, 3.8) is 0 Å². The fourth-order valence-corrected chi connectivity index (χ4v) is 1.64. The van der Waals surface area contributed by atoms with Crippen LogP contribution in [-0.4, -0.2) is 23.2 Å². The van der Waals surface area contributed by atoms with Crippen LogP contribution in [0.15, 0.2) is 24.3 Å². The van der Waals surface area contributed by atoms with Crippen LogP contribution in [0.3, 0.4) is 0 Å². The lowest BCUT2D eigenvalue weighted by Crippen LogP contribution is -2.04. The van der Waals surface area contributed by atoms with Crippen molar-refractivity contribution < 1.29 is 19.0 Å². The van der Waals surface area contributed by atoms with Crippen molar-refractivity contribution in [2.24, 2.45) is 0 Å². The van der Waals surface area contributed by atoms with Crippen LogP contribution in [0.25, 0.3) is 10.9 Å². The number of aliphatic carboxylic acids is 1. The van der Waals surface area contributed by atoms with E-state index in [1.165, 1.54) is 25.3 Å². The third-order valence-electron chi connectivity index (χ3n) is 2.35. The molecule has 17 heavy (non-hydrogen) atoms. The van der Waals surface area contributed by atoms with E-state index in [2.05, 4.69) is 4.98 Å². The highest BCUT2D eigenvalue weighted by molar-refractivity contribution is 5.82. The topological polar surface area (TPSA) is 59.4 Å². The van der Waals surface area contributed by atoms with Gasteiger partial charge in [-0.1, -0.05) is 0 Å². The number of fused-ring (bicyclic) bond motifs is 1. The summed E-state index contributed by atoms with van der Waals surface area (Å²) in [4.78, 5) is 14.8. The summed E-state index contributed by atoms with van der Waals surface area (Å²) >= 11 is 0. The molecule has 0 saturated carbocycles. The van der Waals surface area contributed by atoms with E-state index in [1.54, 1.807) is 6.07 Å². The largest absolute Gasteiger partial charge is 0.481 e. The van der Waals surface area contributed by atoms with Gasteiger partial charge in [0.25, 0.3) is 0 Å². The summed E-state index contributed by atoms with van der Waals surface area (Å²) in [5.41, 5.74) is 0.996. The van der Waals surface area contributed by atoms with E-state index in [4.69, 9.17) is 9.84 Å². The molecule has 1 N–H and O–H groups in total. The van der Waals surface area contributed by atoms with Crippen molar-refractivity contribution in [2.45, 2.75) is 6.42 Å². The second-order valence-electron chi connectivity index (χ2n) is 3.56. The van der Waals surface area contributed by atoms with Crippen molar-refractivity contribution in [1.29, 1.82) is 0 Å². The van der Waals surface area contributed by atoms with Crippen LogP contribution in [0, 0.1) is 5.82 Å². The lowest BCUT2D eigenvalue weighted by atomic mass is 10.1. The maximum absolute atomic E-state index is 13.0. The number of benzene rings is 1. The molecule has 4 nitrogen and oxygen atoms in total. The molecule has 0 aliphatic rings. The van der Waals surface area contributed by atoms with Crippen molar-refractivity contribution in [1.82, 2.24) is 4.98 Å². The van der Waals surface area contributed by atoms with Gasteiger partial charge >= 0.3 is 5.97 Å². The van der Waals surface area contributed by atoms with E-state index in [9.17, 15) is 9.18 Å². The molecule has 5 heteroatoms. The van der Waals surface area contributed by atoms with E-state index >= 15 is 0 Å². The van der Waals surface area contributed by atoms with Gasteiger partial charge in [-0.3, -0.25) is 4.79 Å². The molecule has 2 rings (SSSR count). The number of halogens is 1. The minimum Gasteiger partial charge on any atom is -0.481 e. The highest BCUT2D eigenvalue weighted by atomic mass is 19.1. The molecule has 0 aliphatic carbocycles. The monoisotopic (exact) mass is 235 g/mol. The SMILES string of the molecule is COc1nc2ccc(F)cc2cc1CC(=O)O. The van der Waals surface area contributed by atoms with Gasteiger partial charge in [0.15, 0.2) is 0 Å². The molecule has 1 aromatic carbocycles. The maximum Gasteiger partial charge on any atom is 0.308 e. The third-order valence-corrected chi connectivity index (χ3v) is 2.35. The Bertz CT molecular complexity index is 583. The van der Waals surface area contributed by atoms with Gasteiger partial charge in [-0.05, 0) is 24.3 Å². The molecule has 1 heterocycles. The predicted octanol–water partition coefficient (Wildman–Crippen LogP) is 2.01. The quantitative estimate of drug-likeness (QED) is 0.884. The molecule has 0 atom stereocenters. The standard InChI is InChI=1S/C12H10FNO3/c1-17-12-8(6-11(15)16)4-7-5-9(13)2-3-10(7)14-12/h2-5H,6H2,1H3,(H,15,16). The molecular formula is C12H10FNO3. The predicted molar refractivity (Wildman–Crippen MR) is 59.6 cm³/mol. The molecule has 0 aliphatic heterocycles. The molecule has 1 aromatic heterocycles. The van der Waals surface area contributed by atoms with Crippen LogP contribution in [0.1, 0.15) is 5.56 Å². The molecule has 0 saturated heterocycles. The zero-order chi connectivity index (χ0) is 12.4. The number of ether oxygens (including phenoxy) is 1. The highest BCUT2D eigenvalue weighted by Gasteiger charge is 2.11. The molecule has 2 aromatic rings. The molecular weight excluding hydrogens is 225 g/mol. The Balaban J connectivity index is 2.60. The molecule has 0 unspecified atom stereocenters. The van der Waals surface area contributed by atoms with Gasteiger partial charge in [-0.15, -0.1) is 0 Å². The Morgan fingerprint density at radius 1 is 1.47 bits per heavy atom. The normalized spacial score (nSPS) is 10.5. The number of pyridine rings is 1. The summed E-state index contributed by atoms with van der Waals surface area (Å²) < 4.78 is 18.1. The van der Waals surface area contributed by atoms with Crippen molar-refractivity contribution in [3.05, 3.63) is 35.6 Å². The van der Waals surface area contributed by atoms with Gasteiger partial charge in [-0.2, -0.15) is 0 Å². The Hall–Kier alpha value is -2.17. The lowest BCUT2D eigenvalue weighted by Gasteiger charge is -2.07. The van der Waals surface area contributed by atoms with Crippen LogP contribution in [0.2, 0.25) is 0 Å². The van der Waals surface area contributed by atoms with E-state index in [1.807, 2.05) is 0 Å².